The summed E-state index contributed by atoms with van der Waals surface area (Å²) in [5, 5.41) is 0. The predicted octanol–water partition coefficient (Wildman–Crippen LogP) is 6.99. The smallest absolute Gasteiger partial charge is 0.183 e. The highest BCUT2D eigenvalue weighted by atomic mass is 16.5. The first-order valence-electron chi connectivity index (χ1n) is 10.5. The second-order valence-electron chi connectivity index (χ2n) is 8.42. The van der Waals surface area contributed by atoms with E-state index in [-0.39, 0.29) is 5.54 Å². The number of nitrogens with zero attached hydrogens (tertiary/aromatic N) is 1. The molecule has 0 atom stereocenters. The monoisotopic (exact) mass is 333 g/mol. The Hall–Kier alpha value is -0.790. The molecule has 0 unspecified atom stereocenters. The lowest BCUT2D eigenvalue weighted by molar-refractivity contribution is 0.273. The van der Waals surface area contributed by atoms with Gasteiger partial charge in [-0.2, -0.15) is 0 Å². The Morgan fingerprint density at radius 2 is 1.33 bits per heavy atom. The minimum absolute atomic E-state index is 0.0141. The maximum Gasteiger partial charge on any atom is 0.183 e. The molecule has 2 heteroatoms. The second-order valence-corrected chi connectivity index (χ2v) is 8.42. The van der Waals surface area contributed by atoms with E-state index in [1.807, 2.05) is 0 Å². The number of hydrogen-bond acceptors (Lipinski definition) is 2. The maximum absolute atomic E-state index is 5.65. The first-order valence-corrected chi connectivity index (χ1v) is 10.5. The Bertz CT molecular complexity index is 433. The molecule has 2 aliphatic rings. The van der Waals surface area contributed by atoms with Crippen molar-refractivity contribution in [2.75, 3.05) is 6.61 Å². The van der Waals surface area contributed by atoms with Crippen LogP contribution in [0.5, 0.6) is 0 Å². The van der Waals surface area contributed by atoms with Crippen LogP contribution in [0.25, 0.3) is 0 Å². The molecule has 0 aromatic rings. The number of unbranched alkanes of at least 4 members (excludes halogenated alkanes) is 8. The van der Waals surface area contributed by atoms with E-state index < -0.39 is 0 Å². The van der Waals surface area contributed by atoms with Gasteiger partial charge in [0.2, 0.25) is 0 Å². The van der Waals surface area contributed by atoms with Gasteiger partial charge in [-0.25, -0.2) is 4.99 Å². The van der Waals surface area contributed by atoms with Crippen molar-refractivity contribution in [1.82, 2.24) is 0 Å². The molecule has 0 bridgehead atoms. The van der Waals surface area contributed by atoms with Crippen LogP contribution >= 0.6 is 0 Å². The van der Waals surface area contributed by atoms with Crippen LogP contribution in [0.15, 0.2) is 16.1 Å². The molecule has 2 nitrogen and oxygen atoms in total. The van der Waals surface area contributed by atoms with Crippen LogP contribution in [0.4, 0.5) is 0 Å². The number of hydrogen-bond donors (Lipinski definition) is 0. The maximum atomic E-state index is 5.65. The summed E-state index contributed by atoms with van der Waals surface area (Å²) >= 11 is 0. The van der Waals surface area contributed by atoms with Crippen molar-refractivity contribution in [3.8, 4) is 0 Å². The van der Waals surface area contributed by atoms with E-state index in [0.717, 1.165) is 18.9 Å². The van der Waals surface area contributed by atoms with Gasteiger partial charge in [0.1, 0.15) is 6.61 Å². The summed E-state index contributed by atoms with van der Waals surface area (Å²) in [4.78, 5) is 4.63. The van der Waals surface area contributed by atoms with Crippen molar-refractivity contribution >= 4 is 5.90 Å². The van der Waals surface area contributed by atoms with Gasteiger partial charge in [0.05, 0.1) is 5.54 Å². The van der Waals surface area contributed by atoms with Crippen LogP contribution in [-0.2, 0) is 4.74 Å². The summed E-state index contributed by atoms with van der Waals surface area (Å²) in [6.07, 6.45) is 19.0. The minimum Gasteiger partial charge on any atom is -0.478 e. The van der Waals surface area contributed by atoms with Crippen LogP contribution in [0, 0.1) is 0 Å². The fraction of sp³-hybridized carbons (Fsp3) is 0.864. The van der Waals surface area contributed by atoms with Gasteiger partial charge in [0.25, 0.3) is 0 Å². The molecule has 0 fully saturated rings. The van der Waals surface area contributed by atoms with Gasteiger partial charge >= 0.3 is 0 Å². The van der Waals surface area contributed by atoms with E-state index >= 15 is 0 Å². The van der Waals surface area contributed by atoms with Gasteiger partial charge < -0.3 is 4.74 Å². The van der Waals surface area contributed by atoms with E-state index in [0.29, 0.717) is 0 Å². The summed E-state index contributed by atoms with van der Waals surface area (Å²) in [6.45, 7) is 7.34. The van der Waals surface area contributed by atoms with Crippen molar-refractivity contribution in [2.24, 2.45) is 4.99 Å². The largest absolute Gasteiger partial charge is 0.478 e. The van der Waals surface area contributed by atoms with Crippen LogP contribution in [0.2, 0.25) is 0 Å². The van der Waals surface area contributed by atoms with E-state index in [4.69, 9.17) is 4.74 Å². The quantitative estimate of drug-likeness (QED) is 0.248. The third-order valence-corrected chi connectivity index (χ3v) is 5.27. The van der Waals surface area contributed by atoms with Gasteiger partial charge in [-0.05, 0) is 52.4 Å². The van der Waals surface area contributed by atoms with Gasteiger partial charge in [0.15, 0.2) is 5.90 Å². The molecule has 1 aliphatic heterocycles. The highest BCUT2D eigenvalue weighted by Crippen LogP contribution is 2.38. The van der Waals surface area contributed by atoms with Crippen molar-refractivity contribution < 1.29 is 4.74 Å². The molecule has 1 heterocycles. The van der Waals surface area contributed by atoms with Gasteiger partial charge in [-0.1, -0.05) is 63.0 Å². The van der Waals surface area contributed by atoms with Crippen LogP contribution in [0.3, 0.4) is 0 Å². The average Bonchev–Trinajstić information content (AvgIpc) is 3.20. The standard InChI is InChI=1S/C22H39NO/c1-4-5-6-7-8-11-14-19-17-20(19)15-12-9-10-13-16-21-23-22(2,3)18-24-21/h4-18H2,1-3H3. The molecule has 0 saturated carbocycles. The zero-order chi connectivity index (χ0) is 17.3. The predicted molar refractivity (Wildman–Crippen MR) is 105 cm³/mol. The van der Waals surface area contributed by atoms with Crippen molar-refractivity contribution in [1.29, 1.82) is 0 Å². The van der Waals surface area contributed by atoms with Crippen molar-refractivity contribution in [3.05, 3.63) is 11.1 Å². The zero-order valence-corrected chi connectivity index (χ0v) is 16.5. The lowest BCUT2D eigenvalue weighted by atomic mass is 10.1. The lowest BCUT2D eigenvalue weighted by Crippen LogP contribution is -2.17. The lowest BCUT2D eigenvalue weighted by Gasteiger charge is -2.07. The Morgan fingerprint density at radius 1 is 0.792 bits per heavy atom. The molecule has 0 N–H and O–H groups in total. The van der Waals surface area contributed by atoms with Crippen LogP contribution in [-0.4, -0.2) is 18.0 Å². The normalized spacial score (nSPS) is 18.7. The van der Waals surface area contributed by atoms with Crippen LogP contribution in [0.1, 0.15) is 111 Å². The van der Waals surface area contributed by atoms with E-state index in [1.165, 1.54) is 83.5 Å². The molecule has 0 amide bonds. The summed E-state index contributed by atoms with van der Waals surface area (Å²) < 4.78 is 5.65. The molecule has 0 spiro atoms. The zero-order valence-electron chi connectivity index (χ0n) is 16.5. The molecule has 138 valence electrons. The first-order chi connectivity index (χ1) is 11.6. The molecular weight excluding hydrogens is 294 g/mol. The molecule has 0 aromatic heterocycles. The number of allylic oxidation sites excluding steroid dienone is 2. The Morgan fingerprint density at radius 3 is 1.88 bits per heavy atom. The topological polar surface area (TPSA) is 21.6 Å². The number of rotatable bonds is 14. The summed E-state index contributed by atoms with van der Waals surface area (Å²) in [7, 11) is 0. The SMILES string of the molecule is CCCCCCCCC1=C(CCCCCCC2=NC(C)(C)CO2)C1. The summed E-state index contributed by atoms with van der Waals surface area (Å²) in [6, 6.07) is 0. The number of ether oxygens (including phenoxy) is 1. The molecule has 0 saturated heterocycles. The van der Waals surface area contributed by atoms with E-state index in [2.05, 4.69) is 25.8 Å². The molecule has 0 aromatic carbocycles. The Balaban J connectivity index is 1.40. The Kier molecular flexibility index (Phi) is 8.35. The van der Waals surface area contributed by atoms with Crippen LogP contribution < -0.4 is 0 Å². The van der Waals surface area contributed by atoms with Gasteiger partial charge in [0, 0.05) is 6.42 Å². The van der Waals surface area contributed by atoms with Gasteiger partial charge in [-0.3, -0.25) is 0 Å². The van der Waals surface area contributed by atoms with E-state index in [1.54, 1.807) is 11.1 Å². The van der Waals surface area contributed by atoms with Gasteiger partial charge in [-0.15, -0.1) is 0 Å². The average molecular weight is 334 g/mol. The highest BCUT2D eigenvalue weighted by Gasteiger charge is 2.25. The summed E-state index contributed by atoms with van der Waals surface area (Å²) in [5.74, 6) is 0.992. The molecule has 1 aliphatic carbocycles. The molecule has 24 heavy (non-hydrogen) atoms. The fourth-order valence-electron chi connectivity index (χ4n) is 3.62. The fourth-order valence-corrected chi connectivity index (χ4v) is 3.62. The van der Waals surface area contributed by atoms with E-state index in [9.17, 15) is 0 Å². The molecular formula is C22H39NO. The number of aliphatic imine (C=N–C) groups is 1. The molecule has 0 radical (unpaired) electrons. The third-order valence-electron chi connectivity index (χ3n) is 5.27. The van der Waals surface area contributed by atoms with Crippen molar-refractivity contribution in [3.63, 3.8) is 0 Å². The second kappa shape index (κ2) is 10.3. The third kappa shape index (κ3) is 7.85. The van der Waals surface area contributed by atoms with Crippen molar-refractivity contribution in [2.45, 2.75) is 116 Å². The first kappa shape index (κ1) is 19.5. The summed E-state index contributed by atoms with van der Waals surface area (Å²) in [5.41, 5.74) is 3.62. The highest BCUT2D eigenvalue weighted by molar-refractivity contribution is 5.78. The molecule has 2 rings (SSSR count). The Labute approximate surface area is 150 Å². The minimum atomic E-state index is 0.0141.